The van der Waals surface area contributed by atoms with Gasteiger partial charge in [0.05, 0.1) is 0 Å². The zero-order valence-corrected chi connectivity index (χ0v) is 12.3. The molecule has 0 aromatic carbocycles. The van der Waals surface area contributed by atoms with Crippen LogP contribution in [-0.2, 0) is 0 Å². The SMILES string of the molecule is CC(C)=CCN1CCC[C@@H](c2nnc3ccccn23)C1. The Balaban J connectivity index is 1.78. The van der Waals surface area contributed by atoms with Gasteiger partial charge in [-0.1, -0.05) is 17.7 Å². The molecule has 3 heterocycles. The van der Waals surface area contributed by atoms with E-state index in [-0.39, 0.29) is 0 Å². The first-order valence-electron chi connectivity index (χ1n) is 7.39. The minimum atomic E-state index is 0.492. The van der Waals surface area contributed by atoms with Gasteiger partial charge in [0.15, 0.2) is 5.65 Å². The van der Waals surface area contributed by atoms with E-state index < -0.39 is 0 Å². The molecule has 0 aliphatic carbocycles. The number of rotatable bonds is 3. The summed E-state index contributed by atoms with van der Waals surface area (Å²) in [5, 5.41) is 8.70. The van der Waals surface area contributed by atoms with Crippen LogP contribution in [0.2, 0.25) is 0 Å². The minimum Gasteiger partial charge on any atom is -0.299 e. The van der Waals surface area contributed by atoms with E-state index in [0.29, 0.717) is 5.92 Å². The van der Waals surface area contributed by atoms with Crippen LogP contribution in [0.25, 0.3) is 5.65 Å². The van der Waals surface area contributed by atoms with Gasteiger partial charge in [-0.05, 0) is 45.4 Å². The molecular formula is C16H22N4. The third-order valence-electron chi connectivity index (χ3n) is 3.97. The van der Waals surface area contributed by atoms with Crippen LogP contribution in [0.1, 0.15) is 38.4 Å². The largest absolute Gasteiger partial charge is 0.299 e. The molecule has 1 aliphatic rings. The van der Waals surface area contributed by atoms with Crippen LogP contribution < -0.4 is 0 Å². The Kier molecular flexibility index (Phi) is 3.83. The number of nitrogens with zero attached hydrogens (tertiary/aromatic N) is 4. The van der Waals surface area contributed by atoms with Crippen LogP contribution in [0, 0.1) is 0 Å². The number of pyridine rings is 1. The molecule has 2 aromatic heterocycles. The Hall–Kier alpha value is -1.68. The highest BCUT2D eigenvalue weighted by molar-refractivity contribution is 5.37. The fraction of sp³-hybridized carbons (Fsp3) is 0.500. The Labute approximate surface area is 120 Å². The first-order chi connectivity index (χ1) is 9.74. The van der Waals surface area contributed by atoms with Gasteiger partial charge in [-0.25, -0.2) is 0 Å². The summed E-state index contributed by atoms with van der Waals surface area (Å²) < 4.78 is 2.13. The van der Waals surface area contributed by atoms with E-state index in [1.165, 1.54) is 25.0 Å². The molecule has 1 fully saturated rings. The second-order valence-corrected chi connectivity index (χ2v) is 5.87. The summed E-state index contributed by atoms with van der Waals surface area (Å²) in [6, 6.07) is 6.07. The molecule has 0 bridgehead atoms. The fourth-order valence-electron chi connectivity index (χ4n) is 2.88. The molecule has 0 amide bonds. The molecule has 0 N–H and O–H groups in total. The maximum atomic E-state index is 4.42. The maximum Gasteiger partial charge on any atom is 0.160 e. The number of fused-ring (bicyclic) bond motifs is 1. The Morgan fingerprint density at radius 3 is 3.10 bits per heavy atom. The van der Waals surface area contributed by atoms with Crippen molar-refractivity contribution < 1.29 is 0 Å². The topological polar surface area (TPSA) is 33.4 Å². The maximum absolute atomic E-state index is 4.42. The second kappa shape index (κ2) is 5.75. The smallest absolute Gasteiger partial charge is 0.160 e. The molecule has 0 radical (unpaired) electrons. The molecule has 0 saturated carbocycles. The van der Waals surface area contributed by atoms with E-state index >= 15 is 0 Å². The van der Waals surface area contributed by atoms with Gasteiger partial charge in [0.1, 0.15) is 5.82 Å². The van der Waals surface area contributed by atoms with Crippen LogP contribution in [0.15, 0.2) is 36.0 Å². The number of allylic oxidation sites excluding steroid dienone is 1. The summed E-state index contributed by atoms with van der Waals surface area (Å²) in [4.78, 5) is 2.52. The molecule has 0 spiro atoms. The average Bonchev–Trinajstić information content (AvgIpc) is 2.89. The van der Waals surface area contributed by atoms with Gasteiger partial charge in [0.2, 0.25) is 0 Å². The number of hydrogen-bond acceptors (Lipinski definition) is 3. The quantitative estimate of drug-likeness (QED) is 0.804. The van der Waals surface area contributed by atoms with Crippen molar-refractivity contribution in [1.82, 2.24) is 19.5 Å². The third-order valence-corrected chi connectivity index (χ3v) is 3.97. The van der Waals surface area contributed by atoms with Crippen molar-refractivity contribution in [1.29, 1.82) is 0 Å². The zero-order valence-electron chi connectivity index (χ0n) is 12.3. The van der Waals surface area contributed by atoms with Crippen LogP contribution in [0.5, 0.6) is 0 Å². The van der Waals surface area contributed by atoms with Crippen molar-refractivity contribution in [2.24, 2.45) is 0 Å². The first-order valence-corrected chi connectivity index (χ1v) is 7.39. The van der Waals surface area contributed by atoms with Gasteiger partial charge in [0.25, 0.3) is 0 Å². The molecular weight excluding hydrogens is 248 g/mol. The van der Waals surface area contributed by atoms with Crippen molar-refractivity contribution in [3.05, 3.63) is 41.9 Å². The zero-order chi connectivity index (χ0) is 13.9. The normalized spacial score (nSPS) is 20.2. The summed E-state index contributed by atoms with van der Waals surface area (Å²) in [7, 11) is 0. The molecule has 106 valence electrons. The highest BCUT2D eigenvalue weighted by Crippen LogP contribution is 2.25. The lowest BCUT2D eigenvalue weighted by molar-refractivity contribution is 0.223. The van der Waals surface area contributed by atoms with Gasteiger partial charge in [-0.2, -0.15) is 0 Å². The summed E-state index contributed by atoms with van der Waals surface area (Å²) in [6.07, 6.45) is 6.83. The number of aromatic nitrogens is 3. The van der Waals surface area contributed by atoms with Crippen LogP contribution in [0.4, 0.5) is 0 Å². The minimum absolute atomic E-state index is 0.492. The molecule has 0 unspecified atom stereocenters. The summed E-state index contributed by atoms with van der Waals surface area (Å²) >= 11 is 0. The molecule has 4 heteroatoms. The van der Waals surface area contributed by atoms with Crippen molar-refractivity contribution in [3.63, 3.8) is 0 Å². The van der Waals surface area contributed by atoms with Crippen molar-refractivity contribution in [2.45, 2.75) is 32.6 Å². The summed E-state index contributed by atoms with van der Waals surface area (Å²) in [6.45, 7) is 7.65. The van der Waals surface area contributed by atoms with Crippen molar-refractivity contribution >= 4 is 5.65 Å². The Morgan fingerprint density at radius 2 is 2.25 bits per heavy atom. The van der Waals surface area contributed by atoms with E-state index in [1.807, 2.05) is 18.2 Å². The molecule has 4 nitrogen and oxygen atoms in total. The number of hydrogen-bond donors (Lipinski definition) is 0. The Bertz CT molecular complexity index is 610. The highest BCUT2D eigenvalue weighted by Gasteiger charge is 2.24. The van der Waals surface area contributed by atoms with Crippen molar-refractivity contribution in [2.75, 3.05) is 19.6 Å². The van der Waals surface area contributed by atoms with E-state index in [9.17, 15) is 0 Å². The molecule has 2 aromatic rings. The van der Waals surface area contributed by atoms with Gasteiger partial charge in [0, 0.05) is 25.2 Å². The molecule has 20 heavy (non-hydrogen) atoms. The second-order valence-electron chi connectivity index (χ2n) is 5.87. The van der Waals surface area contributed by atoms with Crippen LogP contribution in [0.3, 0.4) is 0 Å². The van der Waals surface area contributed by atoms with E-state index in [1.54, 1.807) is 0 Å². The van der Waals surface area contributed by atoms with Gasteiger partial charge in [-0.15, -0.1) is 10.2 Å². The molecule has 3 rings (SSSR count). The predicted molar refractivity (Wildman–Crippen MR) is 80.8 cm³/mol. The molecule has 1 saturated heterocycles. The standard InChI is InChI=1S/C16H22N4/c1-13(2)8-11-19-9-5-6-14(12-19)16-18-17-15-7-3-4-10-20(15)16/h3-4,7-8,10,14H,5-6,9,11-12H2,1-2H3/t14-/m1/s1. The number of piperidine rings is 1. The monoisotopic (exact) mass is 270 g/mol. The van der Waals surface area contributed by atoms with Crippen LogP contribution >= 0.6 is 0 Å². The Morgan fingerprint density at radius 1 is 1.35 bits per heavy atom. The fourth-order valence-corrected chi connectivity index (χ4v) is 2.88. The van der Waals surface area contributed by atoms with Gasteiger partial charge in [-0.3, -0.25) is 9.30 Å². The number of likely N-dealkylation sites (tertiary alicyclic amines) is 1. The average molecular weight is 270 g/mol. The predicted octanol–water partition coefficient (Wildman–Crippen LogP) is 2.87. The molecule has 1 atom stereocenters. The lowest BCUT2D eigenvalue weighted by Crippen LogP contribution is -2.35. The van der Waals surface area contributed by atoms with Gasteiger partial charge < -0.3 is 0 Å². The first kappa shape index (κ1) is 13.3. The van der Waals surface area contributed by atoms with E-state index in [0.717, 1.165) is 24.6 Å². The summed E-state index contributed by atoms with van der Waals surface area (Å²) in [5.74, 6) is 1.61. The lowest BCUT2D eigenvalue weighted by Gasteiger charge is -2.31. The van der Waals surface area contributed by atoms with Crippen LogP contribution in [-0.4, -0.2) is 39.1 Å². The molecule has 1 aliphatic heterocycles. The van der Waals surface area contributed by atoms with Crippen molar-refractivity contribution in [3.8, 4) is 0 Å². The van der Waals surface area contributed by atoms with Gasteiger partial charge >= 0.3 is 0 Å². The summed E-state index contributed by atoms with van der Waals surface area (Å²) in [5.41, 5.74) is 2.34. The van der Waals surface area contributed by atoms with E-state index in [4.69, 9.17) is 0 Å². The van der Waals surface area contributed by atoms with E-state index in [2.05, 4.69) is 45.6 Å². The highest BCUT2D eigenvalue weighted by atomic mass is 15.3. The lowest BCUT2D eigenvalue weighted by atomic mass is 9.97. The third kappa shape index (κ3) is 2.75.